The van der Waals surface area contributed by atoms with Gasteiger partial charge in [-0.05, 0) is 31.2 Å². The third-order valence-corrected chi connectivity index (χ3v) is 3.12. The van der Waals surface area contributed by atoms with Crippen LogP contribution in [0.25, 0.3) is 0 Å². The highest BCUT2D eigenvalue weighted by Crippen LogP contribution is 2.30. The van der Waals surface area contributed by atoms with Crippen molar-refractivity contribution in [3.05, 3.63) is 23.8 Å². The number of carboxylic acid groups (broad SMARTS) is 1. The Bertz CT molecular complexity index is 447. The number of benzene rings is 1. The zero-order valence-corrected chi connectivity index (χ0v) is 11.0. The Morgan fingerprint density at radius 1 is 1.37 bits per heavy atom. The lowest BCUT2D eigenvalue weighted by Crippen LogP contribution is -2.30. The molecule has 0 saturated heterocycles. The molecule has 5 heteroatoms. The van der Waals surface area contributed by atoms with E-state index in [0.717, 1.165) is 23.5 Å². The summed E-state index contributed by atoms with van der Waals surface area (Å²) in [4.78, 5) is 10.8. The molecule has 0 spiro atoms. The molecular formula is C14H19NO4. The minimum absolute atomic E-state index is 0.0813. The van der Waals surface area contributed by atoms with Crippen molar-refractivity contribution in [2.75, 3.05) is 20.3 Å². The summed E-state index contributed by atoms with van der Waals surface area (Å²) in [6.45, 7) is 1.32. The Kier molecular flexibility index (Phi) is 4.63. The van der Waals surface area contributed by atoms with Gasteiger partial charge in [-0.3, -0.25) is 4.79 Å². The highest BCUT2D eigenvalue weighted by molar-refractivity contribution is 5.67. The number of aliphatic carboxylic acids is 1. The number of nitrogens with one attached hydrogen (secondary N) is 1. The van der Waals surface area contributed by atoms with Crippen molar-refractivity contribution < 1.29 is 19.4 Å². The van der Waals surface area contributed by atoms with Crippen LogP contribution >= 0.6 is 0 Å². The Labute approximate surface area is 112 Å². The second kappa shape index (κ2) is 6.43. The third kappa shape index (κ3) is 3.86. The minimum atomic E-state index is -0.798. The summed E-state index contributed by atoms with van der Waals surface area (Å²) in [7, 11) is 1.77. The van der Waals surface area contributed by atoms with Gasteiger partial charge in [0.15, 0.2) is 11.5 Å². The maximum atomic E-state index is 10.8. The van der Waals surface area contributed by atoms with Gasteiger partial charge in [-0.1, -0.05) is 6.07 Å². The highest BCUT2D eigenvalue weighted by Gasteiger charge is 2.15. The number of hydrogen-bond donors (Lipinski definition) is 2. The second-order valence-corrected chi connectivity index (χ2v) is 4.62. The molecule has 104 valence electrons. The van der Waals surface area contributed by atoms with Crippen LogP contribution in [0.5, 0.6) is 11.5 Å². The van der Waals surface area contributed by atoms with Crippen molar-refractivity contribution in [1.82, 2.24) is 5.32 Å². The number of carboxylic acids is 1. The van der Waals surface area contributed by atoms with Gasteiger partial charge in [0, 0.05) is 12.5 Å². The molecule has 1 heterocycles. The van der Waals surface area contributed by atoms with E-state index < -0.39 is 5.97 Å². The fourth-order valence-electron chi connectivity index (χ4n) is 2.11. The standard InChI is InChI=1S/C14H19NO4/c1-15-11(9-14(16)17)7-10-3-4-12-13(8-10)19-6-2-5-18-12/h3-4,8,11,15H,2,5-7,9H2,1H3,(H,16,17). The number of ether oxygens (including phenoxy) is 2. The molecule has 0 aromatic heterocycles. The average Bonchev–Trinajstić information content (AvgIpc) is 2.62. The minimum Gasteiger partial charge on any atom is -0.490 e. The second-order valence-electron chi connectivity index (χ2n) is 4.62. The molecule has 0 aliphatic carbocycles. The van der Waals surface area contributed by atoms with Crippen molar-refractivity contribution in [1.29, 1.82) is 0 Å². The molecule has 19 heavy (non-hydrogen) atoms. The average molecular weight is 265 g/mol. The van der Waals surface area contributed by atoms with Gasteiger partial charge in [-0.2, -0.15) is 0 Å². The summed E-state index contributed by atoms with van der Waals surface area (Å²) in [5, 5.41) is 11.9. The van der Waals surface area contributed by atoms with Crippen LogP contribution in [0.4, 0.5) is 0 Å². The summed E-state index contributed by atoms with van der Waals surface area (Å²) in [6.07, 6.45) is 1.63. The molecule has 0 bridgehead atoms. The molecule has 2 N–H and O–H groups in total. The molecule has 1 aromatic carbocycles. The molecule has 1 aromatic rings. The van der Waals surface area contributed by atoms with Crippen LogP contribution in [0.15, 0.2) is 18.2 Å². The van der Waals surface area contributed by atoms with Crippen LogP contribution < -0.4 is 14.8 Å². The van der Waals surface area contributed by atoms with E-state index in [2.05, 4.69) is 5.32 Å². The first kappa shape index (κ1) is 13.7. The molecule has 0 radical (unpaired) electrons. The first-order valence-corrected chi connectivity index (χ1v) is 6.46. The lowest BCUT2D eigenvalue weighted by molar-refractivity contribution is -0.137. The fourth-order valence-corrected chi connectivity index (χ4v) is 2.11. The zero-order chi connectivity index (χ0) is 13.7. The van der Waals surface area contributed by atoms with Gasteiger partial charge in [-0.15, -0.1) is 0 Å². The topological polar surface area (TPSA) is 67.8 Å². The van der Waals surface area contributed by atoms with E-state index in [1.807, 2.05) is 18.2 Å². The van der Waals surface area contributed by atoms with E-state index in [1.165, 1.54) is 0 Å². The van der Waals surface area contributed by atoms with Crippen molar-refractivity contribution in [2.24, 2.45) is 0 Å². The summed E-state index contributed by atoms with van der Waals surface area (Å²) in [5.41, 5.74) is 1.05. The summed E-state index contributed by atoms with van der Waals surface area (Å²) in [5.74, 6) is 0.717. The number of carbonyl (C=O) groups is 1. The molecule has 0 fully saturated rings. The molecule has 1 atom stereocenters. The molecule has 0 saturated carbocycles. The predicted molar refractivity (Wildman–Crippen MR) is 70.9 cm³/mol. The van der Waals surface area contributed by atoms with E-state index in [9.17, 15) is 4.79 Å². The molecule has 1 unspecified atom stereocenters. The largest absolute Gasteiger partial charge is 0.490 e. The zero-order valence-electron chi connectivity index (χ0n) is 11.0. The van der Waals surface area contributed by atoms with E-state index in [-0.39, 0.29) is 12.5 Å². The van der Waals surface area contributed by atoms with Crippen molar-refractivity contribution in [3.8, 4) is 11.5 Å². The summed E-state index contributed by atoms with van der Waals surface area (Å²) in [6, 6.07) is 5.71. The monoisotopic (exact) mass is 265 g/mol. The number of likely N-dealkylation sites (N-methyl/N-ethyl adjacent to an activating group) is 1. The van der Waals surface area contributed by atoms with Crippen molar-refractivity contribution >= 4 is 5.97 Å². The van der Waals surface area contributed by atoms with Crippen LogP contribution in [0.1, 0.15) is 18.4 Å². The van der Waals surface area contributed by atoms with Gasteiger partial charge in [-0.25, -0.2) is 0 Å². The smallest absolute Gasteiger partial charge is 0.304 e. The van der Waals surface area contributed by atoms with Crippen LogP contribution in [0.2, 0.25) is 0 Å². The molecule has 5 nitrogen and oxygen atoms in total. The van der Waals surface area contributed by atoms with E-state index >= 15 is 0 Å². The fraction of sp³-hybridized carbons (Fsp3) is 0.500. The maximum absolute atomic E-state index is 10.8. The van der Waals surface area contributed by atoms with Crippen molar-refractivity contribution in [3.63, 3.8) is 0 Å². The molecule has 2 rings (SSSR count). The SMILES string of the molecule is CNC(CC(=O)O)Cc1ccc2c(c1)OCCCO2. The van der Waals surface area contributed by atoms with E-state index in [0.29, 0.717) is 19.6 Å². The Hall–Kier alpha value is -1.75. The Balaban J connectivity index is 2.08. The quantitative estimate of drug-likeness (QED) is 0.843. The summed E-state index contributed by atoms with van der Waals surface area (Å²) >= 11 is 0. The van der Waals surface area contributed by atoms with Gasteiger partial charge < -0.3 is 19.9 Å². The molecular weight excluding hydrogens is 246 g/mol. The Morgan fingerprint density at radius 3 is 2.79 bits per heavy atom. The van der Waals surface area contributed by atoms with E-state index in [1.54, 1.807) is 7.05 Å². The predicted octanol–water partition coefficient (Wildman–Crippen LogP) is 1.45. The van der Waals surface area contributed by atoms with Gasteiger partial charge in [0.2, 0.25) is 0 Å². The third-order valence-electron chi connectivity index (χ3n) is 3.12. The van der Waals surface area contributed by atoms with E-state index in [4.69, 9.17) is 14.6 Å². The van der Waals surface area contributed by atoms with Crippen LogP contribution in [0.3, 0.4) is 0 Å². The maximum Gasteiger partial charge on any atom is 0.304 e. The van der Waals surface area contributed by atoms with Crippen molar-refractivity contribution in [2.45, 2.75) is 25.3 Å². The normalized spacial score (nSPS) is 15.6. The van der Waals surface area contributed by atoms with Gasteiger partial charge in [0.05, 0.1) is 19.6 Å². The number of fused-ring (bicyclic) bond motifs is 1. The first-order chi connectivity index (χ1) is 9.19. The van der Waals surface area contributed by atoms with Crippen LogP contribution in [-0.4, -0.2) is 37.4 Å². The first-order valence-electron chi connectivity index (χ1n) is 6.46. The van der Waals surface area contributed by atoms with Gasteiger partial charge in [0.25, 0.3) is 0 Å². The lowest BCUT2D eigenvalue weighted by atomic mass is 10.0. The summed E-state index contributed by atoms with van der Waals surface area (Å²) < 4.78 is 11.2. The lowest BCUT2D eigenvalue weighted by Gasteiger charge is -2.15. The van der Waals surface area contributed by atoms with Gasteiger partial charge >= 0.3 is 5.97 Å². The molecule has 1 aliphatic rings. The number of hydrogen-bond acceptors (Lipinski definition) is 4. The van der Waals surface area contributed by atoms with Gasteiger partial charge in [0.1, 0.15) is 0 Å². The van der Waals surface area contributed by atoms with Crippen LogP contribution in [-0.2, 0) is 11.2 Å². The number of rotatable bonds is 5. The molecule has 0 amide bonds. The molecule has 1 aliphatic heterocycles. The highest BCUT2D eigenvalue weighted by atomic mass is 16.5. The Morgan fingerprint density at radius 2 is 2.11 bits per heavy atom. The van der Waals surface area contributed by atoms with Crippen LogP contribution in [0, 0.1) is 0 Å².